The fourth-order valence-corrected chi connectivity index (χ4v) is 5.36. The highest BCUT2D eigenvalue weighted by Crippen LogP contribution is 2.25. The van der Waals surface area contributed by atoms with E-state index in [0.717, 1.165) is 19.4 Å². The molecule has 1 aromatic carbocycles. The lowest BCUT2D eigenvalue weighted by Gasteiger charge is -2.39. The summed E-state index contributed by atoms with van der Waals surface area (Å²) in [7, 11) is 0. The molecule has 1 N–H and O–H groups in total. The minimum atomic E-state index is 0.143. The van der Waals surface area contributed by atoms with Crippen molar-refractivity contribution in [3.8, 4) is 0 Å². The van der Waals surface area contributed by atoms with E-state index in [1.807, 2.05) is 0 Å². The van der Waals surface area contributed by atoms with Crippen molar-refractivity contribution in [2.24, 2.45) is 0 Å². The number of hydroxylamine groups is 1. The van der Waals surface area contributed by atoms with Crippen molar-refractivity contribution in [2.45, 2.75) is 143 Å². The van der Waals surface area contributed by atoms with Gasteiger partial charge in [0.05, 0.1) is 26.2 Å². The van der Waals surface area contributed by atoms with Gasteiger partial charge < -0.3 is 4.48 Å². The Bertz CT molecular complexity index is 584. The third kappa shape index (κ3) is 15.4. The summed E-state index contributed by atoms with van der Waals surface area (Å²) < 4.78 is 1.31. The molecule has 0 spiro atoms. The topological polar surface area (TPSA) is 21.3 Å². The second kappa shape index (κ2) is 22.1. The van der Waals surface area contributed by atoms with Crippen LogP contribution in [0.1, 0.15) is 148 Å². The maximum absolute atomic E-state index is 6.23. The molecule has 0 aliphatic carbocycles. The molecule has 1 rings (SSSR count). The zero-order valence-electron chi connectivity index (χ0n) is 25.1. The Morgan fingerprint density at radius 2 is 1.14 bits per heavy atom. The van der Waals surface area contributed by atoms with Gasteiger partial charge >= 0.3 is 0 Å². The lowest BCUT2D eigenvalue weighted by molar-refractivity contribution is -0.927. The Kier molecular flexibility index (Phi) is 20.4. The van der Waals surface area contributed by atoms with E-state index in [9.17, 15) is 0 Å². The van der Waals surface area contributed by atoms with E-state index in [-0.39, 0.29) is 6.10 Å². The van der Waals surface area contributed by atoms with E-state index in [0.29, 0.717) is 0 Å². The summed E-state index contributed by atoms with van der Waals surface area (Å²) in [5.74, 6) is 0. The summed E-state index contributed by atoms with van der Waals surface area (Å²) in [4.78, 5) is 6.23. The highest BCUT2D eigenvalue weighted by atomic mass is 16.7. The average Bonchev–Trinajstić information content (AvgIpc) is 2.89. The van der Waals surface area contributed by atoms with Crippen LogP contribution in [0.3, 0.4) is 0 Å². The summed E-state index contributed by atoms with van der Waals surface area (Å²) >= 11 is 0. The molecule has 0 amide bonds. The third-order valence-electron chi connectivity index (χ3n) is 8.05. The van der Waals surface area contributed by atoms with Gasteiger partial charge in [-0.3, -0.25) is 4.84 Å². The summed E-state index contributed by atoms with van der Waals surface area (Å²) in [5, 5.41) is 0. The second-order valence-corrected chi connectivity index (χ2v) is 11.3. The van der Waals surface area contributed by atoms with Crippen molar-refractivity contribution in [1.29, 1.82) is 0 Å². The summed E-state index contributed by atoms with van der Waals surface area (Å²) in [6.07, 6.45) is 21.6. The van der Waals surface area contributed by atoms with E-state index < -0.39 is 0 Å². The molecule has 3 nitrogen and oxygen atoms in total. The number of quaternary nitrogens is 1. The van der Waals surface area contributed by atoms with Gasteiger partial charge in [-0.2, -0.15) is 0 Å². The molecule has 0 fully saturated rings. The Morgan fingerprint density at radius 3 is 1.67 bits per heavy atom. The van der Waals surface area contributed by atoms with Crippen LogP contribution in [0.15, 0.2) is 24.3 Å². The minimum Gasteiger partial charge on any atom is -0.324 e. The SMILES string of the molecule is CCCCCCCC[N+](CC)(CCCCCCCC)CCCC(ONCCCC)c1ccc(C)cc1. The summed E-state index contributed by atoms with van der Waals surface area (Å²) in [6.45, 7) is 17.7. The second-order valence-electron chi connectivity index (χ2n) is 11.3. The first kappa shape index (κ1) is 33.1. The fourth-order valence-electron chi connectivity index (χ4n) is 5.36. The lowest BCUT2D eigenvalue weighted by atomic mass is 10.0. The molecule has 3 heteroatoms. The first-order valence-electron chi connectivity index (χ1n) is 15.9. The molecule has 0 heterocycles. The molecule has 0 saturated carbocycles. The number of rotatable bonds is 25. The molecule has 210 valence electrons. The van der Waals surface area contributed by atoms with Crippen molar-refractivity contribution in [1.82, 2.24) is 5.48 Å². The Hall–Kier alpha value is -0.900. The third-order valence-corrected chi connectivity index (χ3v) is 8.05. The normalized spacial score (nSPS) is 12.8. The van der Waals surface area contributed by atoms with Gasteiger partial charge in [-0.1, -0.05) is 108 Å². The smallest absolute Gasteiger partial charge is 0.104 e. The van der Waals surface area contributed by atoms with Crippen LogP contribution in [0.4, 0.5) is 0 Å². The first-order valence-corrected chi connectivity index (χ1v) is 15.9. The van der Waals surface area contributed by atoms with Crippen LogP contribution >= 0.6 is 0 Å². The van der Waals surface area contributed by atoms with Gasteiger partial charge in [0.1, 0.15) is 6.10 Å². The summed E-state index contributed by atoms with van der Waals surface area (Å²) in [5.41, 5.74) is 5.90. The maximum Gasteiger partial charge on any atom is 0.104 e. The van der Waals surface area contributed by atoms with Crippen LogP contribution in [0, 0.1) is 6.92 Å². The zero-order valence-corrected chi connectivity index (χ0v) is 25.1. The van der Waals surface area contributed by atoms with Gasteiger partial charge in [0.2, 0.25) is 0 Å². The van der Waals surface area contributed by atoms with E-state index in [1.54, 1.807) is 0 Å². The predicted molar refractivity (Wildman–Crippen MR) is 159 cm³/mol. The molecule has 0 bridgehead atoms. The predicted octanol–water partition coefficient (Wildman–Crippen LogP) is 9.70. The largest absolute Gasteiger partial charge is 0.324 e. The molecule has 0 aliphatic rings. The van der Waals surface area contributed by atoms with E-state index in [1.165, 1.54) is 132 Å². The van der Waals surface area contributed by atoms with Crippen molar-refractivity contribution in [2.75, 3.05) is 32.7 Å². The quantitative estimate of drug-likeness (QED) is 0.0814. The number of nitrogens with zero attached hydrogens (tertiary/aromatic N) is 1. The number of benzene rings is 1. The highest BCUT2D eigenvalue weighted by molar-refractivity contribution is 5.23. The standard InChI is InChI=1S/C33H63N2O/c1-6-10-13-15-17-19-28-35(9-4,29-20-18-16-14-11-7-2)30-21-22-33(36-34-27-12-8-3)32-25-23-31(5)24-26-32/h23-26,33-34H,6-22,27-30H2,1-5H3/q+1. The van der Waals surface area contributed by atoms with Crippen molar-refractivity contribution in [3.05, 3.63) is 35.4 Å². The van der Waals surface area contributed by atoms with E-state index in [2.05, 4.69) is 64.4 Å². The Morgan fingerprint density at radius 1 is 0.639 bits per heavy atom. The monoisotopic (exact) mass is 503 g/mol. The Labute approximate surface area is 226 Å². The number of nitrogens with one attached hydrogen (secondary N) is 1. The fraction of sp³-hybridized carbons (Fsp3) is 0.818. The molecule has 1 atom stereocenters. The number of hydrogen-bond acceptors (Lipinski definition) is 2. The summed E-state index contributed by atoms with van der Waals surface area (Å²) in [6, 6.07) is 8.97. The molecule has 36 heavy (non-hydrogen) atoms. The van der Waals surface area contributed by atoms with E-state index >= 15 is 0 Å². The highest BCUT2D eigenvalue weighted by Gasteiger charge is 2.25. The van der Waals surface area contributed by atoms with Crippen molar-refractivity contribution < 1.29 is 9.32 Å². The van der Waals surface area contributed by atoms with Crippen LogP contribution in [0.25, 0.3) is 0 Å². The molecule has 0 radical (unpaired) electrons. The first-order chi connectivity index (χ1) is 17.6. The average molecular weight is 504 g/mol. The maximum atomic E-state index is 6.23. The molecule has 0 saturated heterocycles. The van der Waals surface area contributed by atoms with Crippen LogP contribution < -0.4 is 5.48 Å². The molecule has 1 unspecified atom stereocenters. The lowest BCUT2D eigenvalue weighted by Crippen LogP contribution is -2.50. The molecular formula is C33H63N2O+. The van der Waals surface area contributed by atoms with Crippen molar-refractivity contribution >= 4 is 0 Å². The molecule has 0 aromatic heterocycles. The van der Waals surface area contributed by atoms with E-state index in [4.69, 9.17) is 4.84 Å². The van der Waals surface area contributed by atoms with Crippen LogP contribution in [0.2, 0.25) is 0 Å². The molecule has 0 aliphatic heterocycles. The number of aryl methyl sites for hydroxylation is 1. The van der Waals surface area contributed by atoms with Crippen LogP contribution in [-0.2, 0) is 4.84 Å². The van der Waals surface area contributed by atoms with Crippen LogP contribution in [0.5, 0.6) is 0 Å². The minimum absolute atomic E-state index is 0.143. The van der Waals surface area contributed by atoms with Gasteiger partial charge in [-0.05, 0) is 64.4 Å². The van der Waals surface area contributed by atoms with Crippen LogP contribution in [-0.4, -0.2) is 37.2 Å². The van der Waals surface area contributed by atoms with Gasteiger partial charge in [-0.15, -0.1) is 0 Å². The Balaban J connectivity index is 2.69. The van der Waals surface area contributed by atoms with Gasteiger partial charge in [-0.25, -0.2) is 5.48 Å². The van der Waals surface area contributed by atoms with Crippen molar-refractivity contribution in [3.63, 3.8) is 0 Å². The molecular weight excluding hydrogens is 440 g/mol. The van der Waals surface area contributed by atoms with Gasteiger partial charge in [0, 0.05) is 6.54 Å². The van der Waals surface area contributed by atoms with Gasteiger partial charge in [0.15, 0.2) is 0 Å². The zero-order chi connectivity index (χ0) is 26.3. The number of unbranched alkanes of at least 4 members (excludes halogenated alkanes) is 11. The molecule has 1 aromatic rings. The van der Waals surface area contributed by atoms with Gasteiger partial charge in [0.25, 0.3) is 0 Å². The number of hydrogen-bond donors (Lipinski definition) is 1.